The normalized spacial score (nSPS) is 10.5. The summed E-state index contributed by atoms with van der Waals surface area (Å²) in [5.41, 5.74) is 2.61. The standard InChI is InChI=1S/C15H13NO2/c1-18-15(17)14-8-6-12(7-9-14)4-5-13-3-2-10-16-11-13/h2-11H,1H3. The van der Waals surface area contributed by atoms with E-state index in [1.54, 1.807) is 24.5 Å². The molecular weight excluding hydrogens is 226 g/mol. The van der Waals surface area contributed by atoms with E-state index in [0.29, 0.717) is 5.56 Å². The van der Waals surface area contributed by atoms with Gasteiger partial charge in [-0.05, 0) is 29.3 Å². The summed E-state index contributed by atoms with van der Waals surface area (Å²) >= 11 is 0. The zero-order chi connectivity index (χ0) is 12.8. The molecule has 0 aliphatic carbocycles. The average molecular weight is 239 g/mol. The van der Waals surface area contributed by atoms with Crippen molar-refractivity contribution in [1.82, 2.24) is 4.98 Å². The topological polar surface area (TPSA) is 39.2 Å². The summed E-state index contributed by atoms with van der Waals surface area (Å²) in [7, 11) is 1.37. The molecule has 18 heavy (non-hydrogen) atoms. The minimum atomic E-state index is -0.321. The zero-order valence-electron chi connectivity index (χ0n) is 10.0. The van der Waals surface area contributed by atoms with Gasteiger partial charge in [-0.3, -0.25) is 4.98 Å². The number of methoxy groups -OCH3 is 1. The zero-order valence-corrected chi connectivity index (χ0v) is 10.0. The van der Waals surface area contributed by atoms with Crippen molar-refractivity contribution in [3.63, 3.8) is 0 Å². The van der Waals surface area contributed by atoms with E-state index >= 15 is 0 Å². The van der Waals surface area contributed by atoms with E-state index in [1.807, 2.05) is 36.4 Å². The maximum Gasteiger partial charge on any atom is 0.337 e. The van der Waals surface area contributed by atoms with Crippen LogP contribution in [-0.2, 0) is 4.74 Å². The number of carbonyl (C=O) groups excluding carboxylic acids is 1. The van der Waals surface area contributed by atoms with E-state index < -0.39 is 0 Å². The molecule has 0 saturated heterocycles. The number of nitrogens with zero attached hydrogens (tertiary/aromatic N) is 1. The van der Waals surface area contributed by atoms with Crippen LogP contribution in [0.15, 0.2) is 48.8 Å². The predicted octanol–water partition coefficient (Wildman–Crippen LogP) is 3.04. The lowest BCUT2D eigenvalue weighted by molar-refractivity contribution is 0.0601. The summed E-state index contributed by atoms with van der Waals surface area (Å²) in [6.07, 6.45) is 7.47. The van der Waals surface area contributed by atoms with E-state index in [2.05, 4.69) is 9.72 Å². The van der Waals surface area contributed by atoms with Crippen LogP contribution < -0.4 is 0 Å². The fraction of sp³-hybridized carbons (Fsp3) is 0.0667. The third-order valence-electron chi connectivity index (χ3n) is 2.48. The highest BCUT2D eigenvalue weighted by molar-refractivity contribution is 5.89. The lowest BCUT2D eigenvalue weighted by Crippen LogP contribution is -2.00. The van der Waals surface area contributed by atoms with Gasteiger partial charge < -0.3 is 4.74 Å². The fourth-order valence-corrected chi connectivity index (χ4v) is 1.52. The van der Waals surface area contributed by atoms with Crippen LogP contribution in [0.4, 0.5) is 0 Å². The van der Waals surface area contributed by atoms with Gasteiger partial charge in [-0.2, -0.15) is 0 Å². The van der Waals surface area contributed by atoms with Crippen LogP contribution in [0.25, 0.3) is 12.2 Å². The minimum absolute atomic E-state index is 0.321. The SMILES string of the molecule is COC(=O)c1ccc(C=Cc2cccnc2)cc1. The second-order valence-corrected chi connectivity index (χ2v) is 3.73. The number of hydrogen-bond donors (Lipinski definition) is 0. The van der Waals surface area contributed by atoms with Crippen molar-refractivity contribution in [2.75, 3.05) is 7.11 Å². The molecule has 2 aromatic rings. The van der Waals surface area contributed by atoms with Gasteiger partial charge in [-0.15, -0.1) is 0 Å². The molecule has 1 heterocycles. The van der Waals surface area contributed by atoms with Gasteiger partial charge in [-0.1, -0.05) is 30.4 Å². The van der Waals surface area contributed by atoms with E-state index in [1.165, 1.54) is 7.11 Å². The van der Waals surface area contributed by atoms with Gasteiger partial charge in [0.25, 0.3) is 0 Å². The molecule has 0 fully saturated rings. The number of pyridine rings is 1. The molecule has 0 radical (unpaired) electrons. The van der Waals surface area contributed by atoms with Crippen molar-refractivity contribution in [2.45, 2.75) is 0 Å². The first kappa shape index (κ1) is 12.0. The highest BCUT2D eigenvalue weighted by Crippen LogP contribution is 2.09. The molecular formula is C15H13NO2. The van der Waals surface area contributed by atoms with E-state index in [4.69, 9.17) is 0 Å². The van der Waals surface area contributed by atoms with Crippen LogP contribution in [0.1, 0.15) is 21.5 Å². The van der Waals surface area contributed by atoms with Crippen LogP contribution in [-0.4, -0.2) is 18.1 Å². The molecule has 0 amide bonds. The Hall–Kier alpha value is -2.42. The first-order valence-corrected chi connectivity index (χ1v) is 5.56. The summed E-state index contributed by atoms with van der Waals surface area (Å²) in [6.45, 7) is 0. The smallest absolute Gasteiger partial charge is 0.337 e. The molecule has 90 valence electrons. The first-order chi connectivity index (χ1) is 8.79. The summed E-state index contributed by atoms with van der Waals surface area (Å²) in [5, 5.41) is 0. The van der Waals surface area contributed by atoms with E-state index in [-0.39, 0.29) is 5.97 Å². The fourth-order valence-electron chi connectivity index (χ4n) is 1.52. The molecule has 3 heteroatoms. The van der Waals surface area contributed by atoms with Crippen molar-refractivity contribution >= 4 is 18.1 Å². The van der Waals surface area contributed by atoms with Gasteiger partial charge in [0.05, 0.1) is 12.7 Å². The molecule has 0 aliphatic rings. The number of rotatable bonds is 3. The Morgan fingerprint density at radius 1 is 1.11 bits per heavy atom. The van der Waals surface area contributed by atoms with Crippen molar-refractivity contribution in [3.8, 4) is 0 Å². The Balaban J connectivity index is 2.11. The van der Waals surface area contributed by atoms with Crippen LogP contribution in [0.3, 0.4) is 0 Å². The summed E-state index contributed by atoms with van der Waals surface area (Å²) in [5.74, 6) is -0.321. The number of carbonyl (C=O) groups is 1. The Bertz CT molecular complexity index is 544. The molecule has 1 aromatic heterocycles. The Morgan fingerprint density at radius 2 is 1.83 bits per heavy atom. The molecule has 0 N–H and O–H groups in total. The maximum absolute atomic E-state index is 11.3. The first-order valence-electron chi connectivity index (χ1n) is 5.56. The molecule has 0 saturated carbocycles. The number of esters is 1. The number of hydrogen-bond acceptors (Lipinski definition) is 3. The molecule has 0 aliphatic heterocycles. The lowest BCUT2D eigenvalue weighted by Gasteiger charge is -1.99. The lowest BCUT2D eigenvalue weighted by atomic mass is 10.1. The van der Waals surface area contributed by atoms with Gasteiger partial charge in [0.1, 0.15) is 0 Å². The van der Waals surface area contributed by atoms with E-state index in [9.17, 15) is 4.79 Å². The Morgan fingerprint density at radius 3 is 2.44 bits per heavy atom. The molecule has 0 spiro atoms. The minimum Gasteiger partial charge on any atom is -0.465 e. The van der Waals surface area contributed by atoms with Gasteiger partial charge in [0.15, 0.2) is 0 Å². The quantitative estimate of drug-likeness (QED) is 0.773. The van der Waals surface area contributed by atoms with Crippen LogP contribution >= 0.6 is 0 Å². The highest BCUT2D eigenvalue weighted by atomic mass is 16.5. The van der Waals surface area contributed by atoms with Crippen molar-refractivity contribution in [1.29, 1.82) is 0 Å². The van der Waals surface area contributed by atoms with Crippen molar-refractivity contribution < 1.29 is 9.53 Å². The summed E-state index contributed by atoms with van der Waals surface area (Å²) < 4.78 is 4.64. The number of aromatic nitrogens is 1. The van der Waals surface area contributed by atoms with Gasteiger partial charge in [-0.25, -0.2) is 4.79 Å². The van der Waals surface area contributed by atoms with Crippen LogP contribution in [0, 0.1) is 0 Å². The second-order valence-electron chi connectivity index (χ2n) is 3.73. The average Bonchev–Trinajstić information content (AvgIpc) is 2.46. The van der Waals surface area contributed by atoms with Crippen molar-refractivity contribution in [3.05, 3.63) is 65.5 Å². The third kappa shape index (κ3) is 3.04. The molecule has 1 aromatic carbocycles. The van der Waals surface area contributed by atoms with E-state index in [0.717, 1.165) is 11.1 Å². The largest absolute Gasteiger partial charge is 0.465 e. The molecule has 0 atom stereocenters. The van der Waals surface area contributed by atoms with Crippen LogP contribution in [0.5, 0.6) is 0 Å². The summed E-state index contributed by atoms with van der Waals surface area (Å²) in [6, 6.07) is 11.1. The van der Waals surface area contributed by atoms with Crippen molar-refractivity contribution in [2.24, 2.45) is 0 Å². The maximum atomic E-state index is 11.3. The highest BCUT2D eigenvalue weighted by Gasteiger charge is 2.02. The summed E-state index contributed by atoms with van der Waals surface area (Å²) in [4.78, 5) is 15.3. The third-order valence-corrected chi connectivity index (χ3v) is 2.48. The Labute approximate surface area is 106 Å². The van der Waals surface area contributed by atoms with Gasteiger partial charge >= 0.3 is 5.97 Å². The van der Waals surface area contributed by atoms with Crippen LogP contribution in [0.2, 0.25) is 0 Å². The molecule has 2 rings (SSSR count). The van der Waals surface area contributed by atoms with Gasteiger partial charge in [0, 0.05) is 12.4 Å². The number of benzene rings is 1. The number of ether oxygens (including phenoxy) is 1. The Kier molecular flexibility index (Phi) is 3.86. The molecule has 0 bridgehead atoms. The molecule has 0 unspecified atom stereocenters. The second kappa shape index (κ2) is 5.77. The predicted molar refractivity (Wildman–Crippen MR) is 70.9 cm³/mol. The molecule has 3 nitrogen and oxygen atoms in total. The monoisotopic (exact) mass is 239 g/mol. The van der Waals surface area contributed by atoms with Gasteiger partial charge in [0.2, 0.25) is 0 Å².